The molecule has 0 spiro atoms. The Morgan fingerprint density at radius 2 is 2.27 bits per heavy atom. The Morgan fingerprint density at radius 1 is 1.50 bits per heavy atom. The minimum atomic E-state index is -0.490. The number of hydrogen-bond donors (Lipinski definition) is 2. The Bertz CT molecular complexity index is 856. The number of rotatable bonds is 3. The number of nitrogens with zero attached hydrogens (tertiary/aromatic N) is 6. The Labute approximate surface area is 152 Å². The van der Waals surface area contributed by atoms with E-state index in [2.05, 4.69) is 20.1 Å². The topological polar surface area (TPSA) is 147 Å². The summed E-state index contributed by atoms with van der Waals surface area (Å²) >= 11 is 6.21. The van der Waals surface area contributed by atoms with Gasteiger partial charge in [-0.05, 0) is 23.3 Å². The molecule has 1 aromatic heterocycles. The number of nitro benzene ring substituents is 1. The first-order valence-corrected chi connectivity index (χ1v) is 8.06. The largest absolute Gasteiger partial charge is 0.409 e. The van der Waals surface area contributed by atoms with Crippen molar-refractivity contribution < 1.29 is 14.8 Å². The van der Waals surface area contributed by atoms with Crippen molar-refractivity contribution in [2.24, 2.45) is 5.16 Å². The number of non-ortho nitro benzene ring substituents is 1. The fourth-order valence-electron chi connectivity index (χ4n) is 2.95. The Balaban J connectivity index is 1.78. The van der Waals surface area contributed by atoms with E-state index in [1.807, 2.05) is 16.7 Å². The zero-order chi connectivity index (χ0) is 18.8. The van der Waals surface area contributed by atoms with Gasteiger partial charge in [0.15, 0.2) is 11.5 Å². The molecule has 0 saturated carbocycles. The molecule has 1 saturated heterocycles. The average molecular weight is 382 g/mol. The summed E-state index contributed by atoms with van der Waals surface area (Å²) in [7, 11) is 0. The predicted molar refractivity (Wildman–Crippen MR) is 93.5 cm³/mol. The number of nitrogens with two attached hydrogens (primary N) is 1. The highest BCUT2D eigenvalue weighted by Gasteiger charge is 2.31. The molecule has 1 aliphatic heterocycles. The molecule has 1 atom stereocenters. The second-order valence-electron chi connectivity index (χ2n) is 5.80. The van der Waals surface area contributed by atoms with E-state index in [0.717, 1.165) is 0 Å². The van der Waals surface area contributed by atoms with E-state index in [0.29, 0.717) is 30.3 Å². The van der Waals surface area contributed by atoms with E-state index in [1.54, 1.807) is 6.07 Å². The highest BCUT2D eigenvalue weighted by Crippen LogP contribution is 2.31. The second kappa shape index (κ2) is 7.04. The van der Waals surface area contributed by atoms with Crippen molar-refractivity contribution in [2.45, 2.75) is 13.0 Å². The van der Waals surface area contributed by atoms with Crippen molar-refractivity contribution >= 4 is 34.6 Å². The normalized spacial score (nSPS) is 18.2. The molecule has 0 aliphatic carbocycles. The Morgan fingerprint density at radius 3 is 2.81 bits per heavy atom. The van der Waals surface area contributed by atoms with Gasteiger partial charge in [-0.2, -0.15) is 0 Å². The first-order chi connectivity index (χ1) is 12.4. The maximum Gasteiger partial charge on any atom is 0.271 e. The summed E-state index contributed by atoms with van der Waals surface area (Å²) in [6.07, 6.45) is 0. The van der Waals surface area contributed by atoms with E-state index in [-0.39, 0.29) is 29.1 Å². The van der Waals surface area contributed by atoms with Gasteiger partial charge in [-0.15, -0.1) is 0 Å². The number of piperazine rings is 1. The van der Waals surface area contributed by atoms with Crippen LogP contribution in [0.2, 0.25) is 5.02 Å². The predicted octanol–water partition coefficient (Wildman–Crippen LogP) is 1.56. The van der Waals surface area contributed by atoms with Gasteiger partial charge in [0.05, 0.1) is 15.6 Å². The Hall–Kier alpha value is -3.08. The van der Waals surface area contributed by atoms with Crippen LogP contribution in [0, 0.1) is 10.1 Å². The molecule has 0 bridgehead atoms. The third-order valence-corrected chi connectivity index (χ3v) is 4.51. The zero-order valence-corrected chi connectivity index (χ0v) is 14.5. The lowest BCUT2D eigenvalue weighted by molar-refractivity contribution is -0.384. The first-order valence-electron chi connectivity index (χ1n) is 7.68. The summed E-state index contributed by atoms with van der Waals surface area (Å²) in [5, 5.41) is 31.0. The fourth-order valence-corrected chi connectivity index (χ4v) is 3.24. The SMILES string of the molecule is C[C@@H]1CN(c2ccc([N+](=O)[O-])cc2Cl)CCN1/C(=N\O)c1nonc1N. The van der Waals surface area contributed by atoms with E-state index in [9.17, 15) is 15.3 Å². The standard InChI is InChI=1S/C14H16ClN7O4/c1-8-7-20(11-3-2-9(22(24)25)6-10(11)15)4-5-21(8)14(17-23)12-13(16)19-26-18-12/h2-3,6,8,23H,4-5,7H2,1H3,(H2,16,19)/b17-14-/t8-/m1/s1. The molecule has 12 heteroatoms. The zero-order valence-electron chi connectivity index (χ0n) is 13.7. The quantitative estimate of drug-likeness (QED) is 0.265. The van der Waals surface area contributed by atoms with Gasteiger partial charge in [0.1, 0.15) is 0 Å². The van der Waals surface area contributed by atoms with Gasteiger partial charge in [-0.1, -0.05) is 16.8 Å². The Kier molecular flexibility index (Phi) is 4.80. The number of benzene rings is 1. The fraction of sp³-hybridized carbons (Fsp3) is 0.357. The number of amidine groups is 1. The highest BCUT2D eigenvalue weighted by atomic mass is 35.5. The van der Waals surface area contributed by atoms with Crippen LogP contribution in [0.5, 0.6) is 0 Å². The maximum absolute atomic E-state index is 10.8. The molecule has 26 heavy (non-hydrogen) atoms. The molecule has 11 nitrogen and oxygen atoms in total. The van der Waals surface area contributed by atoms with Crippen molar-refractivity contribution in [3.05, 3.63) is 39.0 Å². The van der Waals surface area contributed by atoms with Crippen molar-refractivity contribution in [1.29, 1.82) is 0 Å². The number of anilines is 2. The van der Waals surface area contributed by atoms with Crippen molar-refractivity contribution in [2.75, 3.05) is 30.3 Å². The van der Waals surface area contributed by atoms with E-state index >= 15 is 0 Å². The van der Waals surface area contributed by atoms with E-state index in [4.69, 9.17) is 17.3 Å². The number of oxime groups is 1. The summed E-state index contributed by atoms with van der Waals surface area (Å²) in [4.78, 5) is 14.2. The van der Waals surface area contributed by atoms with Crippen molar-refractivity contribution in [1.82, 2.24) is 15.2 Å². The van der Waals surface area contributed by atoms with Crippen LogP contribution >= 0.6 is 11.6 Å². The van der Waals surface area contributed by atoms with Gasteiger partial charge >= 0.3 is 0 Å². The van der Waals surface area contributed by atoms with Crippen LogP contribution < -0.4 is 10.6 Å². The monoisotopic (exact) mass is 381 g/mol. The van der Waals surface area contributed by atoms with Gasteiger partial charge in [0, 0.05) is 37.8 Å². The van der Waals surface area contributed by atoms with Gasteiger partial charge in [0.25, 0.3) is 5.69 Å². The number of aromatic nitrogens is 2. The lowest BCUT2D eigenvalue weighted by Crippen LogP contribution is -2.54. The molecule has 1 fully saturated rings. The summed E-state index contributed by atoms with van der Waals surface area (Å²) in [5.41, 5.74) is 6.49. The van der Waals surface area contributed by atoms with E-state index in [1.165, 1.54) is 12.1 Å². The molecule has 0 amide bonds. The molecule has 2 heterocycles. The number of hydrogen-bond acceptors (Lipinski definition) is 9. The van der Waals surface area contributed by atoms with Crippen LogP contribution in [-0.4, -0.2) is 56.9 Å². The molecule has 2 aromatic rings. The van der Waals surface area contributed by atoms with Crippen molar-refractivity contribution in [3.8, 4) is 0 Å². The average Bonchev–Trinajstić information content (AvgIpc) is 3.02. The van der Waals surface area contributed by atoms with Crippen LogP contribution in [0.3, 0.4) is 0 Å². The summed E-state index contributed by atoms with van der Waals surface area (Å²) in [5.74, 6) is 0.205. The lowest BCUT2D eigenvalue weighted by Gasteiger charge is -2.41. The molecule has 3 N–H and O–H groups in total. The molecule has 0 unspecified atom stereocenters. The van der Waals surface area contributed by atoms with E-state index < -0.39 is 4.92 Å². The van der Waals surface area contributed by atoms with Crippen LogP contribution in [0.1, 0.15) is 12.6 Å². The summed E-state index contributed by atoms with van der Waals surface area (Å²) in [6, 6.07) is 4.29. The third-order valence-electron chi connectivity index (χ3n) is 4.20. The lowest BCUT2D eigenvalue weighted by atomic mass is 10.1. The highest BCUT2D eigenvalue weighted by molar-refractivity contribution is 6.33. The van der Waals surface area contributed by atoms with Crippen molar-refractivity contribution in [3.63, 3.8) is 0 Å². The molecule has 138 valence electrons. The number of halogens is 1. The minimum absolute atomic E-state index is 0.0332. The molecular weight excluding hydrogens is 366 g/mol. The second-order valence-corrected chi connectivity index (χ2v) is 6.21. The van der Waals surface area contributed by atoms with Gasteiger partial charge in [0.2, 0.25) is 5.84 Å². The van der Waals surface area contributed by atoms with Gasteiger partial charge in [-0.3, -0.25) is 10.1 Å². The summed E-state index contributed by atoms with van der Waals surface area (Å²) < 4.78 is 4.56. The minimum Gasteiger partial charge on any atom is -0.409 e. The van der Waals surface area contributed by atoms with Crippen LogP contribution in [0.15, 0.2) is 28.0 Å². The smallest absolute Gasteiger partial charge is 0.271 e. The van der Waals surface area contributed by atoms with Gasteiger partial charge < -0.3 is 20.7 Å². The molecule has 3 rings (SSSR count). The first kappa shape index (κ1) is 17.7. The molecular formula is C14H16ClN7O4. The number of nitro groups is 1. The summed E-state index contributed by atoms with van der Waals surface area (Å²) in [6.45, 7) is 3.51. The van der Waals surface area contributed by atoms with Crippen LogP contribution in [-0.2, 0) is 0 Å². The van der Waals surface area contributed by atoms with Crippen LogP contribution in [0.4, 0.5) is 17.2 Å². The molecule has 1 aromatic carbocycles. The maximum atomic E-state index is 10.8. The van der Waals surface area contributed by atoms with Crippen LogP contribution in [0.25, 0.3) is 0 Å². The number of nitrogen functional groups attached to an aromatic ring is 1. The molecule has 1 aliphatic rings. The van der Waals surface area contributed by atoms with Gasteiger partial charge in [-0.25, -0.2) is 4.63 Å². The third kappa shape index (κ3) is 3.20. The molecule has 0 radical (unpaired) electrons.